The number of halogens is 1. The van der Waals surface area contributed by atoms with Crippen LogP contribution in [-0.4, -0.2) is 15.6 Å². The van der Waals surface area contributed by atoms with E-state index in [1.54, 1.807) is 11.3 Å². The Labute approximate surface area is 133 Å². The Balaban J connectivity index is 2.00. The Kier molecular flexibility index (Phi) is 4.29. The van der Waals surface area contributed by atoms with Crippen LogP contribution in [0.2, 0.25) is 5.02 Å². The molecule has 0 atom stereocenters. The van der Waals surface area contributed by atoms with Crippen molar-refractivity contribution in [3.8, 4) is 0 Å². The summed E-state index contributed by atoms with van der Waals surface area (Å²) in [5.74, 6) is 0. The topological polar surface area (TPSA) is 29.9 Å². The second kappa shape index (κ2) is 6.18. The summed E-state index contributed by atoms with van der Waals surface area (Å²) >= 11 is 7.79. The van der Waals surface area contributed by atoms with Crippen molar-refractivity contribution >= 4 is 33.8 Å². The first kappa shape index (κ1) is 14.6. The maximum absolute atomic E-state index is 6.17. The third kappa shape index (κ3) is 3.28. The molecule has 0 aliphatic rings. The smallest absolute Gasteiger partial charge is 0.0795 e. The van der Waals surface area contributed by atoms with Gasteiger partial charge in [0, 0.05) is 34.6 Å². The predicted octanol–water partition coefficient (Wildman–Crippen LogP) is 4.30. The van der Waals surface area contributed by atoms with Gasteiger partial charge in [0.1, 0.15) is 0 Å². The van der Waals surface area contributed by atoms with Crippen LogP contribution in [0.3, 0.4) is 0 Å². The van der Waals surface area contributed by atoms with Crippen molar-refractivity contribution in [1.82, 2.24) is 14.9 Å². The van der Waals surface area contributed by atoms with E-state index in [-0.39, 0.29) is 0 Å². The van der Waals surface area contributed by atoms with Crippen LogP contribution in [0.25, 0.3) is 10.9 Å². The van der Waals surface area contributed by atoms with Crippen molar-refractivity contribution in [2.24, 2.45) is 0 Å². The maximum Gasteiger partial charge on any atom is 0.0795 e. The number of nitrogens with zero attached hydrogens (tertiary/aromatic N) is 2. The van der Waals surface area contributed by atoms with E-state index in [0.717, 1.165) is 29.3 Å². The zero-order valence-electron chi connectivity index (χ0n) is 12.1. The van der Waals surface area contributed by atoms with Gasteiger partial charge in [-0.2, -0.15) is 0 Å². The molecule has 1 aromatic carbocycles. The molecule has 2 aromatic heterocycles. The molecule has 0 amide bonds. The van der Waals surface area contributed by atoms with Crippen molar-refractivity contribution in [2.45, 2.75) is 33.0 Å². The molecule has 0 radical (unpaired) electrons. The van der Waals surface area contributed by atoms with Crippen molar-refractivity contribution in [1.29, 1.82) is 0 Å². The van der Waals surface area contributed by atoms with Gasteiger partial charge in [-0.25, -0.2) is 4.98 Å². The molecule has 0 saturated heterocycles. The molecule has 21 heavy (non-hydrogen) atoms. The normalized spacial score (nSPS) is 11.6. The first-order chi connectivity index (χ1) is 10.1. The van der Waals surface area contributed by atoms with Gasteiger partial charge in [-0.15, -0.1) is 11.3 Å². The molecule has 1 N–H and O–H groups in total. The molecule has 0 spiro atoms. The molecule has 0 saturated carbocycles. The third-order valence-electron chi connectivity index (χ3n) is 3.44. The van der Waals surface area contributed by atoms with Gasteiger partial charge < -0.3 is 9.88 Å². The highest BCUT2D eigenvalue weighted by molar-refractivity contribution is 7.07. The van der Waals surface area contributed by atoms with E-state index in [9.17, 15) is 0 Å². The summed E-state index contributed by atoms with van der Waals surface area (Å²) in [5.41, 5.74) is 5.41. The zero-order chi connectivity index (χ0) is 14.8. The van der Waals surface area contributed by atoms with Gasteiger partial charge in [0.2, 0.25) is 0 Å². The third-order valence-corrected chi connectivity index (χ3v) is 4.31. The Bertz CT molecular complexity index is 731. The number of aromatic nitrogens is 2. The molecule has 0 bridgehead atoms. The maximum atomic E-state index is 6.17. The van der Waals surface area contributed by atoms with E-state index in [2.05, 4.69) is 46.4 Å². The molecule has 0 aliphatic heterocycles. The highest BCUT2D eigenvalue weighted by Gasteiger charge is 2.10. The molecular weight excluding hydrogens is 302 g/mol. The lowest BCUT2D eigenvalue weighted by Gasteiger charge is -2.06. The molecule has 3 aromatic rings. The second-order valence-corrected chi connectivity index (χ2v) is 6.61. The lowest BCUT2D eigenvalue weighted by atomic mass is 10.1. The summed E-state index contributed by atoms with van der Waals surface area (Å²) < 4.78 is 2.23. The Morgan fingerprint density at radius 2 is 2.24 bits per heavy atom. The van der Waals surface area contributed by atoms with Gasteiger partial charge in [0.25, 0.3) is 0 Å². The van der Waals surface area contributed by atoms with E-state index in [0.29, 0.717) is 6.04 Å². The molecule has 3 nitrogen and oxygen atoms in total. The fourth-order valence-corrected chi connectivity index (χ4v) is 3.13. The van der Waals surface area contributed by atoms with Crippen LogP contribution in [0.5, 0.6) is 0 Å². The molecule has 5 heteroatoms. The first-order valence-corrected chi connectivity index (χ1v) is 8.33. The van der Waals surface area contributed by atoms with E-state index >= 15 is 0 Å². The van der Waals surface area contributed by atoms with Crippen LogP contribution in [0.15, 0.2) is 35.3 Å². The van der Waals surface area contributed by atoms with E-state index in [1.807, 2.05) is 17.6 Å². The Hall–Kier alpha value is -1.36. The lowest BCUT2D eigenvalue weighted by molar-refractivity contribution is 0.589. The Morgan fingerprint density at radius 1 is 1.38 bits per heavy atom. The summed E-state index contributed by atoms with van der Waals surface area (Å²) in [6.45, 7) is 5.96. The average Bonchev–Trinajstić information content (AvgIpc) is 3.05. The molecule has 110 valence electrons. The number of hydrogen-bond donors (Lipinski definition) is 1. The van der Waals surface area contributed by atoms with Gasteiger partial charge in [-0.05, 0) is 17.7 Å². The second-order valence-electron chi connectivity index (χ2n) is 5.46. The van der Waals surface area contributed by atoms with Crippen LogP contribution in [0.1, 0.15) is 25.1 Å². The lowest BCUT2D eigenvalue weighted by Crippen LogP contribution is -2.21. The molecule has 3 rings (SSSR count). The first-order valence-electron chi connectivity index (χ1n) is 7.01. The summed E-state index contributed by atoms with van der Waals surface area (Å²) in [4.78, 5) is 4.37. The molecule has 0 aliphatic carbocycles. The van der Waals surface area contributed by atoms with Crippen molar-refractivity contribution in [2.75, 3.05) is 0 Å². The molecule has 0 unspecified atom stereocenters. The van der Waals surface area contributed by atoms with Crippen LogP contribution in [0.4, 0.5) is 0 Å². The highest BCUT2D eigenvalue weighted by atomic mass is 35.5. The van der Waals surface area contributed by atoms with Crippen LogP contribution < -0.4 is 5.32 Å². The number of fused-ring (bicyclic) bond motifs is 1. The van der Waals surface area contributed by atoms with Crippen LogP contribution in [0, 0.1) is 0 Å². The minimum Gasteiger partial charge on any atom is -0.341 e. The van der Waals surface area contributed by atoms with Gasteiger partial charge in [0.05, 0.1) is 23.3 Å². The van der Waals surface area contributed by atoms with Gasteiger partial charge in [-0.1, -0.05) is 31.5 Å². The number of thiazole rings is 1. The number of rotatable bonds is 5. The largest absolute Gasteiger partial charge is 0.341 e. The number of benzene rings is 1. The van der Waals surface area contributed by atoms with Crippen LogP contribution >= 0.6 is 22.9 Å². The minimum absolute atomic E-state index is 0.467. The average molecular weight is 320 g/mol. The SMILES string of the molecule is CC(C)NCc1cn(Cc2cscn2)c2cc(Cl)ccc12. The van der Waals surface area contributed by atoms with E-state index in [4.69, 9.17) is 11.6 Å². The van der Waals surface area contributed by atoms with Crippen LogP contribution in [-0.2, 0) is 13.1 Å². The Morgan fingerprint density at radius 3 is 2.95 bits per heavy atom. The molecule has 0 fully saturated rings. The van der Waals surface area contributed by atoms with Crippen molar-refractivity contribution in [3.63, 3.8) is 0 Å². The summed E-state index contributed by atoms with van der Waals surface area (Å²) in [5, 5.41) is 7.59. The van der Waals surface area contributed by atoms with Gasteiger partial charge in [0.15, 0.2) is 0 Å². The summed E-state index contributed by atoms with van der Waals surface area (Å²) in [6, 6.07) is 6.55. The summed E-state index contributed by atoms with van der Waals surface area (Å²) in [6.07, 6.45) is 2.20. The van der Waals surface area contributed by atoms with Gasteiger partial charge >= 0.3 is 0 Å². The summed E-state index contributed by atoms with van der Waals surface area (Å²) in [7, 11) is 0. The standard InChI is InChI=1S/C16H18ClN3S/c1-11(2)18-6-12-7-20(8-14-9-21-10-19-14)16-5-13(17)3-4-15(12)16/h3-5,7,9-11,18H,6,8H2,1-2H3. The number of hydrogen-bond acceptors (Lipinski definition) is 3. The van der Waals surface area contributed by atoms with Crippen molar-refractivity contribution in [3.05, 3.63) is 51.6 Å². The van der Waals surface area contributed by atoms with Gasteiger partial charge in [-0.3, -0.25) is 0 Å². The van der Waals surface area contributed by atoms with E-state index < -0.39 is 0 Å². The monoisotopic (exact) mass is 319 g/mol. The fraction of sp³-hybridized carbons (Fsp3) is 0.312. The van der Waals surface area contributed by atoms with Crippen molar-refractivity contribution < 1.29 is 0 Å². The zero-order valence-corrected chi connectivity index (χ0v) is 13.7. The quantitative estimate of drug-likeness (QED) is 0.760. The van der Waals surface area contributed by atoms with E-state index in [1.165, 1.54) is 10.9 Å². The fourth-order valence-electron chi connectivity index (χ4n) is 2.42. The molecule has 2 heterocycles. The minimum atomic E-state index is 0.467. The highest BCUT2D eigenvalue weighted by Crippen LogP contribution is 2.25. The predicted molar refractivity (Wildman–Crippen MR) is 90.1 cm³/mol. The number of nitrogens with one attached hydrogen (secondary N) is 1. The molecular formula is C16H18ClN3S.